The zero-order chi connectivity index (χ0) is 24.8. The number of hydrogen-bond acceptors (Lipinski definition) is 5. The first kappa shape index (κ1) is 23.5. The van der Waals surface area contributed by atoms with Gasteiger partial charge in [0.25, 0.3) is 5.91 Å². The number of fused-ring (bicyclic) bond motifs is 1. The lowest BCUT2D eigenvalue weighted by molar-refractivity contribution is -0.153. The van der Waals surface area contributed by atoms with Crippen molar-refractivity contribution in [3.8, 4) is 17.0 Å². The van der Waals surface area contributed by atoms with Crippen LogP contribution in [-0.2, 0) is 6.54 Å². The number of carbonyl (C=O) groups excluding carboxylic acids is 1. The fourth-order valence-corrected chi connectivity index (χ4v) is 3.74. The Morgan fingerprint density at radius 1 is 1.06 bits per heavy atom. The maximum atomic E-state index is 13.1. The summed E-state index contributed by atoms with van der Waals surface area (Å²) in [6.45, 7) is 0.569. The number of aromatic nitrogens is 4. The number of amides is 1. The van der Waals surface area contributed by atoms with E-state index in [2.05, 4.69) is 15.1 Å². The summed E-state index contributed by atoms with van der Waals surface area (Å²) in [5.74, 6) is -0.538. The van der Waals surface area contributed by atoms with Gasteiger partial charge in [-0.2, -0.15) is 31.4 Å². The minimum absolute atomic E-state index is 0.0994. The summed E-state index contributed by atoms with van der Waals surface area (Å²) in [5, 5.41) is 3.69. The van der Waals surface area contributed by atoms with E-state index in [4.69, 9.17) is 4.74 Å². The van der Waals surface area contributed by atoms with E-state index in [1.54, 1.807) is 19.9 Å². The van der Waals surface area contributed by atoms with Crippen LogP contribution in [0.25, 0.3) is 11.3 Å². The second-order valence-corrected chi connectivity index (χ2v) is 7.76. The first-order valence-electron chi connectivity index (χ1n) is 9.91. The Labute approximate surface area is 189 Å². The number of rotatable bonds is 5. The van der Waals surface area contributed by atoms with Crippen molar-refractivity contribution in [3.05, 3.63) is 53.7 Å². The van der Waals surface area contributed by atoms with Gasteiger partial charge in [0.05, 0.1) is 41.1 Å². The van der Waals surface area contributed by atoms with Gasteiger partial charge in [0, 0.05) is 18.0 Å². The van der Waals surface area contributed by atoms with Crippen LogP contribution in [0.1, 0.15) is 34.6 Å². The molecule has 0 spiro atoms. The van der Waals surface area contributed by atoms with E-state index < -0.39 is 37.5 Å². The average molecular weight is 485 g/mol. The van der Waals surface area contributed by atoms with Crippen molar-refractivity contribution in [3.63, 3.8) is 0 Å². The van der Waals surface area contributed by atoms with Gasteiger partial charge in [0.2, 0.25) is 0 Å². The van der Waals surface area contributed by atoms with Crippen molar-refractivity contribution in [2.45, 2.75) is 38.8 Å². The molecule has 3 aromatic heterocycles. The van der Waals surface area contributed by atoms with Crippen LogP contribution in [0.15, 0.2) is 36.9 Å². The molecule has 3 aromatic rings. The second-order valence-electron chi connectivity index (χ2n) is 7.76. The summed E-state index contributed by atoms with van der Waals surface area (Å²) in [6.07, 6.45) is -4.13. The molecule has 1 atom stereocenters. The molecule has 0 saturated carbocycles. The van der Waals surface area contributed by atoms with Gasteiger partial charge in [0.1, 0.15) is 12.3 Å². The van der Waals surface area contributed by atoms with Gasteiger partial charge >= 0.3 is 12.4 Å². The Balaban J connectivity index is 1.64. The van der Waals surface area contributed by atoms with Crippen molar-refractivity contribution < 1.29 is 35.9 Å². The van der Waals surface area contributed by atoms with Crippen LogP contribution in [0.3, 0.4) is 0 Å². The van der Waals surface area contributed by atoms with Crippen LogP contribution in [0.5, 0.6) is 5.75 Å². The number of halogens is 6. The van der Waals surface area contributed by atoms with E-state index in [1.165, 1.54) is 23.4 Å². The molecule has 0 fully saturated rings. The number of aryl methyl sites for hydroxylation is 1. The van der Waals surface area contributed by atoms with E-state index in [0.29, 0.717) is 32.8 Å². The highest BCUT2D eigenvalue weighted by molar-refractivity contribution is 6.11. The molecule has 13 heteroatoms. The van der Waals surface area contributed by atoms with Gasteiger partial charge in [-0.3, -0.25) is 19.4 Å². The summed E-state index contributed by atoms with van der Waals surface area (Å²) >= 11 is 0. The number of pyridine rings is 2. The van der Waals surface area contributed by atoms with Gasteiger partial charge < -0.3 is 4.74 Å². The smallest absolute Gasteiger partial charge is 0.422 e. The molecule has 0 radical (unpaired) electrons. The molecule has 0 unspecified atom stereocenters. The normalized spacial score (nSPS) is 16.2. The van der Waals surface area contributed by atoms with E-state index in [0.717, 1.165) is 12.4 Å². The Kier molecular flexibility index (Phi) is 5.74. The zero-order valence-corrected chi connectivity index (χ0v) is 17.8. The Hall–Kier alpha value is -3.64. The first-order chi connectivity index (χ1) is 15.8. The van der Waals surface area contributed by atoms with Gasteiger partial charge in [0.15, 0.2) is 6.61 Å². The van der Waals surface area contributed by atoms with Gasteiger partial charge in [-0.1, -0.05) is 0 Å². The van der Waals surface area contributed by atoms with Gasteiger partial charge in [-0.25, -0.2) is 4.98 Å². The number of alkyl halides is 6. The van der Waals surface area contributed by atoms with E-state index >= 15 is 0 Å². The van der Waals surface area contributed by atoms with Crippen molar-refractivity contribution in [2.24, 2.45) is 0 Å². The number of ether oxygens (including phenoxy) is 1. The molecule has 0 aliphatic carbocycles. The standard InChI is InChI=1S/C21H17F6N5O2/c1-11-3-16(13-4-15(7-28-5-13)34-10-21(25,26)27)30-18-12(2)32(19(33)17(11)18)14-6-29-31(8-14)9-20(22,23)24/h3-8,12H,9-10H2,1-2H3/t12-/m0/s1. The van der Waals surface area contributed by atoms with Crippen LogP contribution in [0, 0.1) is 6.92 Å². The van der Waals surface area contributed by atoms with E-state index in [-0.39, 0.29) is 11.4 Å². The maximum absolute atomic E-state index is 13.1. The quantitative estimate of drug-likeness (QED) is 0.482. The van der Waals surface area contributed by atoms with Crippen molar-refractivity contribution in [1.29, 1.82) is 0 Å². The van der Waals surface area contributed by atoms with Crippen LogP contribution < -0.4 is 9.64 Å². The summed E-state index contributed by atoms with van der Waals surface area (Å²) < 4.78 is 80.8. The Morgan fingerprint density at radius 3 is 2.47 bits per heavy atom. The predicted molar refractivity (Wildman–Crippen MR) is 107 cm³/mol. The minimum Gasteiger partial charge on any atom is -0.482 e. The molecule has 1 aliphatic heterocycles. The minimum atomic E-state index is -4.51. The van der Waals surface area contributed by atoms with Gasteiger partial charge in [-0.15, -0.1) is 0 Å². The molecule has 0 bridgehead atoms. The molecule has 180 valence electrons. The molecule has 0 saturated heterocycles. The van der Waals surface area contributed by atoms with Gasteiger partial charge in [-0.05, 0) is 31.5 Å². The molecule has 4 rings (SSSR count). The Bertz CT molecular complexity index is 1240. The highest BCUT2D eigenvalue weighted by atomic mass is 19.4. The maximum Gasteiger partial charge on any atom is 0.422 e. The largest absolute Gasteiger partial charge is 0.482 e. The third-order valence-corrected chi connectivity index (χ3v) is 5.11. The predicted octanol–water partition coefficient (Wildman–Crippen LogP) is 4.87. The molecule has 7 nitrogen and oxygen atoms in total. The van der Waals surface area contributed by atoms with Crippen LogP contribution >= 0.6 is 0 Å². The molecular weight excluding hydrogens is 468 g/mol. The molecule has 4 heterocycles. The molecule has 1 aliphatic rings. The number of carbonyl (C=O) groups is 1. The monoisotopic (exact) mass is 485 g/mol. The number of anilines is 1. The number of hydrogen-bond donors (Lipinski definition) is 0. The average Bonchev–Trinajstić information content (AvgIpc) is 3.27. The summed E-state index contributed by atoms with van der Waals surface area (Å²) in [6, 6.07) is 2.32. The summed E-state index contributed by atoms with van der Waals surface area (Å²) in [5.41, 5.74) is 2.15. The Morgan fingerprint density at radius 2 is 1.79 bits per heavy atom. The summed E-state index contributed by atoms with van der Waals surface area (Å²) in [7, 11) is 0. The third kappa shape index (κ3) is 4.82. The van der Waals surface area contributed by atoms with Crippen LogP contribution in [0.4, 0.5) is 32.0 Å². The highest BCUT2D eigenvalue weighted by Gasteiger charge is 2.39. The molecule has 0 aromatic carbocycles. The zero-order valence-electron chi connectivity index (χ0n) is 17.8. The molecule has 1 amide bonds. The van der Waals surface area contributed by atoms with E-state index in [1.807, 2.05) is 0 Å². The topological polar surface area (TPSA) is 73.1 Å². The second kappa shape index (κ2) is 8.29. The lowest BCUT2D eigenvalue weighted by Crippen LogP contribution is -2.26. The number of nitrogens with zero attached hydrogens (tertiary/aromatic N) is 5. The third-order valence-electron chi connectivity index (χ3n) is 5.11. The van der Waals surface area contributed by atoms with Crippen molar-refractivity contribution in [2.75, 3.05) is 11.5 Å². The lowest BCUT2D eigenvalue weighted by Gasteiger charge is -2.19. The highest BCUT2D eigenvalue weighted by Crippen LogP contribution is 2.39. The fraction of sp³-hybridized carbons (Fsp3) is 0.333. The molecular formula is C21H17F6N5O2. The SMILES string of the molecule is Cc1cc(-c2cncc(OCC(F)(F)F)c2)nc2c1C(=O)N(c1cnn(CC(F)(F)F)c1)[C@H]2C. The van der Waals surface area contributed by atoms with Crippen molar-refractivity contribution >= 4 is 11.6 Å². The van der Waals surface area contributed by atoms with Crippen LogP contribution in [-0.4, -0.2) is 44.6 Å². The summed E-state index contributed by atoms with van der Waals surface area (Å²) in [4.78, 5) is 22.8. The van der Waals surface area contributed by atoms with Crippen molar-refractivity contribution in [1.82, 2.24) is 19.7 Å². The molecule has 0 N–H and O–H groups in total. The lowest BCUT2D eigenvalue weighted by atomic mass is 10.0. The fourth-order valence-electron chi connectivity index (χ4n) is 3.74. The first-order valence-corrected chi connectivity index (χ1v) is 9.91. The van der Waals surface area contributed by atoms with E-state index in [9.17, 15) is 31.1 Å². The van der Waals surface area contributed by atoms with Crippen LogP contribution in [0.2, 0.25) is 0 Å². The molecule has 34 heavy (non-hydrogen) atoms.